The molecular weight excluding hydrogens is 182 g/mol. The third-order valence-corrected chi connectivity index (χ3v) is 4.39. The summed E-state index contributed by atoms with van der Waals surface area (Å²) in [5.41, 5.74) is 0. The quantitative estimate of drug-likeness (QED) is 0.593. The maximum absolute atomic E-state index is 2.81. The van der Waals surface area contributed by atoms with Crippen LogP contribution >= 0.6 is 0 Å². The topological polar surface area (TPSA) is 3.24 Å². The van der Waals surface area contributed by atoms with Crippen LogP contribution in [0.25, 0.3) is 0 Å². The summed E-state index contributed by atoms with van der Waals surface area (Å²) in [6, 6.07) is 0.942. The van der Waals surface area contributed by atoms with Gasteiger partial charge in [-0.2, -0.15) is 0 Å². The lowest BCUT2D eigenvalue weighted by Gasteiger charge is -2.29. The Morgan fingerprint density at radius 3 is 2.20 bits per heavy atom. The van der Waals surface area contributed by atoms with E-state index in [1.165, 1.54) is 70.9 Å². The number of rotatable bonds is 1. The summed E-state index contributed by atoms with van der Waals surface area (Å²) in [5.74, 6) is 0.973. The Kier molecular flexibility index (Phi) is 4.49. The van der Waals surface area contributed by atoms with Crippen LogP contribution in [0.15, 0.2) is 0 Å². The van der Waals surface area contributed by atoms with Crippen molar-refractivity contribution in [3.63, 3.8) is 0 Å². The maximum Gasteiger partial charge on any atom is 0.00952 e. The van der Waals surface area contributed by atoms with E-state index in [2.05, 4.69) is 11.8 Å². The molecule has 88 valence electrons. The molecule has 0 aromatic heterocycles. The Bertz CT molecular complexity index is 170. The second-order valence-corrected chi connectivity index (χ2v) is 5.72. The van der Waals surface area contributed by atoms with Crippen LogP contribution in [0, 0.1) is 5.92 Å². The van der Waals surface area contributed by atoms with Crippen LogP contribution in [-0.2, 0) is 0 Å². The first-order chi connectivity index (χ1) is 7.36. The van der Waals surface area contributed by atoms with Crippen molar-refractivity contribution in [2.75, 3.05) is 13.1 Å². The third-order valence-electron chi connectivity index (χ3n) is 4.39. The van der Waals surface area contributed by atoms with E-state index in [4.69, 9.17) is 0 Å². The van der Waals surface area contributed by atoms with Crippen LogP contribution in [0.4, 0.5) is 0 Å². The summed E-state index contributed by atoms with van der Waals surface area (Å²) in [4.78, 5) is 2.81. The predicted molar refractivity (Wildman–Crippen MR) is 66.1 cm³/mol. The number of nitrogens with zero attached hydrogens (tertiary/aromatic N) is 1. The monoisotopic (exact) mass is 209 g/mol. The molecular formula is C14H27N. The molecule has 2 fully saturated rings. The first-order valence-electron chi connectivity index (χ1n) is 7.10. The number of hydrogen-bond donors (Lipinski definition) is 0. The van der Waals surface area contributed by atoms with E-state index >= 15 is 0 Å². The summed E-state index contributed by atoms with van der Waals surface area (Å²) >= 11 is 0. The molecule has 15 heavy (non-hydrogen) atoms. The SMILES string of the molecule is CC1CCCN(C2CCCCCC2)CC1. The van der Waals surface area contributed by atoms with Gasteiger partial charge in [-0.25, -0.2) is 0 Å². The van der Waals surface area contributed by atoms with E-state index in [0.717, 1.165) is 12.0 Å². The highest BCUT2D eigenvalue weighted by Crippen LogP contribution is 2.25. The number of hydrogen-bond acceptors (Lipinski definition) is 1. The molecule has 1 heteroatoms. The molecule has 1 saturated heterocycles. The fourth-order valence-electron chi connectivity index (χ4n) is 3.27. The van der Waals surface area contributed by atoms with E-state index in [9.17, 15) is 0 Å². The van der Waals surface area contributed by atoms with Gasteiger partial charge in [0, 0.05) is 6.04 Å². The van der Waals surface area contributed by atoms with Crippen molar-refractivity contribution in [1.82, 2.24) is 4.90 Å². The molecule has 1 aliphatic heterocycles. The van der Waals surface area contributed by atoms with Gasteiger partial charge in [0.05, 0.1) is 0 Å². The summed E-state index contributed by atoms with van der Waals surface area (Å²) in [5, 5.41) is 0. The molecule has 0 spiro atoms. The van der Waals surface area contributed by atoms with E-state index in [1.54, 1.807) is 0 Å². The molecule has 0 aromatic carbocycles. The Labute approximate surface area is 95.2 Å². The molecule has 0 N–H and O–H groups in total. The van der Waals surface area contributed by atoms with E-state index in [0.29, 0.717) is 0 Å². The maximum atomic E-state index is 2.81. The van der Waals surface area contributed by atoms with Crippen LogP contribution in [-0.4, -0.2) is 24.0 Å². The fourth-order valence-corrected chi connectivity index (χ4v) is 3.27. The molecule has 2 aliphatic rings. The second-order valence-electron chi connectivity index (χ2n) is 5.72. The average Bonchev–Trinajstić information content (AvgIpc) is 2.59. The van der Waals surface area contributed by atoms with Gasteiger partial charge in [0.25, 0.3) is 0 Å². The molecule has 1 aliphatic carbocycles. The lowest BCUT2D eigenvalue weighted by Crippen LogP contribution is -2.35. The van der Waals surface area contributed by atoms with Gasteiger partial charge in [0.2, 0.25) is 0 Å². The first kappa shape index (κ1) is 11.4. The molecule has 0 bridgehead atoms. The molecule has 1 heterocycles. The van der Waals surface area contributed by atoms with Crippen LogP contribution < -0.4 is 0 Å². The zero-order valence-electron chi connectivity index (χ0n) is 10.4. The van der Waals surface area contributed by atoms with Crippen LogP contribution in [0.3, 0.4) is 0 Å². The van der Waals surface area contributed by atoms with Crippen molar-refractivity contribution >= 4 is 0 Å². The van der Waals surface area contributed by atoms with E-state index < -0.39 is 0 Å². The Hall–Kier alpha value is -0.0400. The Morgan fingerprint density at radius 2 is 1.47 bits per heavy atom. The largest absolute Gasteiger partial charge is 0.300 e. The molecule has 1 atom stereocenters. The Morgan fingerprint density at radius 1 is 0.733 bits per heavy atom. The molecule has 0 radical (unpaired) electrons. The number of likely N-dealkylation sites (tertiary alicyclic amines) is 1. The lowest BCUT2D eigenvalue weighted by atomic mass is 10.0. The summed E-state index contributed by atoms with van der Waals surface area (Å²) in [7, 11) is 0. The van der Waals surface area contributed by atoms with Crippen molar-refractivity contribution in [1.29, 1.82) is 0 Å². The highest BCUT2D eigenvalue weighted by Gasteiger charge is 2.22. The first-order valence-corrected chi connectivity index (χ1v) is 7.10. The van der Waals surface area contributed by atoms with Gasteiger partial charge in [-0.05, 0) is 51.1 Å². The molecule has 0 aromatic rings. The van der Waals surface area contributed by atoms with Gasteiger partial charge in [0.15, 0.2) is 0 Å². The average molecular weight is 209 g/mol. The van der Waals surface area contributed by atoms with Crippen LogP contribution in [0.5, 0.6) is 0 Å². The second kappa shape index (κ2) is 5.89. The standard InChI is InChI=1S/C14H27N/c1-13-7-6-11-15(12-10-13)14-8-4-2-3-5-9-14/h13-14H,2-12H2,1H3. The lowest BCUT2D eigenvalue weighted by molar-refractivity contribution is 0.184. The predicted octanol–water partition coefficient (Wildman–Crippen LogP) is 3.83. The van der Waals surface area contributed by atoms with Gasteiger partial charge < -0.3 is 4.90 Å². The Balaban J connectivity index is 1.84. The minimum absolute atomic E-state index is 0.942. The van der Waals surface area contributed by atoms with Gasteiger partial charge in [-0.1, -0.05) is 32.6 Å². The van der Waals surface area contributed by atoms with Crippen molar-refractivity contribution in [3.05, 3.63) is 0 Å². The molecule has 1 unspecified atom stereocenters. The zero-order chi connectivity index (χ0) is 10.5. The van der Waals surface area contributed by atoms with Gasteiger partial charge in [0.1, 0.15) is 0 Å². The molecule has 2 rings (SSSR count). The smallest absolute Gasteiger partial charge is 0.00952 e. The highest BCUT2D eigenvalue weighted by atomic mass is 15.2. The minimum Gasteiger partial charge on any atom is -0.300 e. The van der Waals surface area contributed by atoms with Gasteiger partial charge in [-0.15, -0.1) is 0 Å². The summed E-state index contributed by atoms with van der Waals surface area (Å²) < 4.78 is 0. The zero-order valence-corrected chi connectivity index (χ0v) is 10.4. The van der Waals surface area contributed by atoms with Crippen LogP contribution in [0.2, 0.25) is 0 Å². The third kappa shape index (κ3) is 3.48. The van der Waals surface area contributed by atoms with E-state index in [1.807, 2.05) is 0 Å². The van der Waals surface area contributed by atoms with Gasteiger partial charge in [-0.3, -0.25) is 0 Å². The minimum atomic E-state index is 0.942. The summed E-state index contributed by atoms with van der Waals surface area (Å²) in [6.45, 7) is 5.19. The summed E-state index contributed by atoms with van der Waals surface area (Å²) in [6.07, 6.45) is 13.2. The normalized spacial score (nSPS) is 32.2. The fraction of sp³-hybridized carbons (Fsp3) is 1.00. The van der Waals surface area contributed by atoms with Crippen molar-refractivity contribution in [3.8, 4) is 0 Å². The van der Waals surface area contributed by atoms with Crippen molar-refractivity contribution in [2.24, 2.45) is 5.92 Å². The molecule has 1 saturated carbocycles. The van der Waals surface area contributed by atoms with Crippen molar-refractivity contribution in [2.45, 2.75) is 70.8 Å². The van der Waals surface area contributed by atoms with Crippen LogP contribution in [0.1, 0.15) is 64.7 Å². The highest BCUT2D eigenvalue weighted by molar-refractivity contribution is 4.77. The molecule has 0 amide bonds. The van der Waals surface area contributed by atoms with Gasteiger partial charge >= 0.3 is 0 Å². The van der Waals surface area contributed by atoms with Crippen molar-refractivity contribution < 1.29 is 0 Å². The van der Waals surface area contributed by atoms with E-state index in [-0.39, 0.29) is 0 Å². The molecule has 1 nitrogen and oxygen atoms in total.